The molecule has 0 amide bonds. The van der Waals surface area contributed by atoms with Gasteiger partial charge in [-0.1, -0.05) is 18.2 Å². The number of benzene rings is 1. The molecule has 6 heteroatoms. The summed E-state index contributed by atoms with van der Waals surface area (Å²) in [6, 6.07) is 8.30. The molecule has 0 saturated carbocycles. The van der Waals surface area contributed by atoms with Crippen molar-refractivity contribution in [3.63, 3.8) is 0 Å². The van der Waals surface area contributed by atoms with E-state index in [2.05, 4.69) is 29.7 Å². The predicted octanol–water partition coefficient (Wildman–Crippen LogP) is 2.69. The van der Waals surface area contributed by atoms with Crippen LogP contribution < -0.4 is 15.4 Å². The normalized spacial score (nSPS) is 22.2. The van der Waals surface area contributed by atoms with Crippen LogP contribution in [0.25, 0.3) is 0 Å². The van der Waals surface area contributed by atoms with Gasteiger partial charge in [0.2, 0.25) is 0 Å². The van der Waals surface area contributed by atoms with Crippen molar-refractivity contribution >= 4 is 5.96 Å². The number of rotatable bonds is 9. The lowest BCUT2D eigenvalue weighted by atomic mass is 9.93. The van der Waals surface area contributed by atoms with Gasteiger partial charge in [0.05, 0.1) is 19.3 Å². The average Bonchev–Trinajstić information content (AvgIpc) is 3.22. The van der Waals surface area contributed by atoms with Crippen LogP contribution in [0.2, 0.25) is 0 Å². The lowest BCUT2D eigenvalue weighted by Crippen LogP contribution is -2.38. The molecule has 6 nitrogen and oxygen atoms in total. The number of nitrogens with zero attached hydrogens (tertiary/aromatic N) is 1. The molecule has 0 aliphatic carbocycles. The Kier molecular flexibility index (Phi) is 8.24. The molecule has 0 bridgehead atoms. The Morgan fingerprint density at radius 1 is 1.22 bits per heavy atom. The van der Waals surface area contributed by atoms with Gasteiger partial charge in [-0.25, -0.2) is 0 Å². The monoisotopic (exact) mass is 375 g/mol. The molecule has 2 aliphatic rings. The summed E-state index contributed by atoms with van der Waals surface area (Å²) < 4.78 is 17.0. The molecule has 2 atom stereocenters. The van der Waals surface area contributed by atoms with Crippen molar-refractivity contribution < 1.29 is 14.2 Å². The maximum absolute atomic E-state index is 5.74. The highest BCUT2D eigenvalue weighted by Gasteiger charge is 2.20. The summed E-state index contributed by atoms with van der Waals surface area (Å²) in [5.74, 6) is 2.30. The maximum Gasteiger partial charge on any atom is 0.191 e. The molecule has 0 spiro atoms. The molecule has 2 unspecified atom stereocenters. The fourth-order valence-electron chi connectivity index (χ4n) is 3.52. The Hall–Kier alpha value is -1.79. The van der Waals surface area contributed by atoms with Gasteiger partial charge in [-0.2, -0.15) is 0 Å². The number of ether oxygens (including phenoxy) is 3. The lowest BCUT2D eigenvalue weighted by Gasteiger charge is -2.25. The first-order valence-corrected chi connectivity index (χ1v) is 10.3. The van der Waals surface area contributed by atoms with E-state index in [-0.39, 0.29) is 0 Å². The summed E-state index contributed by atoms with van der Waals surface area (Å²) in [5.41, 5.74) is 1.27. The minimum Gasteiger partial charge on any atom is -0.493 e. The first kappa shape index (κ1) is 20.0. The van der Waals surface area contributed by atoms with Crippen molar-refractivity contribution in [1.82, 2.24) is 10.6 Å². The summed E-state index contributed by atoms with van der Waals surface area (Å²) in [5, 5.41) is 6.74. The van der Waals surface area contributed by atoms with Crippen LogP contribution in [0, 0.1) is 0 Å². The minimum atomic E-state index is 0.305. The second-order valence-corrected chi connectivity index (χ2v) is 7.08. The van der Waals surface area contributed by atoms with Crippen LogP contribution >= 0.6 is 0 Å². The number of nitrogens with one attached hydrogen (secondary N) is 2. The maximum atomic E-state index is 5.74. The molecule has 1 saturated heterocycles. The van der Waals surface area contributed by atoms with Gasteiger partial charge in [-0.05, 0) is 44.2 Å². The predicted molar refractivity (Wildman–Crippen MR) is 108 cm³/mol. The van der Waals surface area contributed by atoms with Gasteiger partial charge in [0, 0.05) is 38.8 Å². The second kappa shape index (κ2) is 11.1. The number of guanidine groups is 1. The molecule has 1 fully saturated rings. The zero-order valence-electron chi connectivity index (χ0n) is 16.4. The van der Waals surface area contributed by atoms with Gasteiger partial charge in [0.15, 0.2) is 5.96 Å². The second-order valence-electron chi connectivity index (χ2n) is 7.08. The molecular weight excluding hydrogens is 342 g/mol. The van der Waals surface area contributed by atoms with E-state index < -0.39 is 0 Å². The quantitative estimate of drug-likeness (QED) is 0.395. The average molecular weight is 376 g/mol. The standard InChI is InChI=1S/C21H33N3O3/c1-2-22-21(23-11-6-12-25-16-18-7-5-13-26-18)24-15-17-10-14-27-20-9-4-3-8-19(17)20/h3-4,8-9,17-18H,2,5-7,10-16H2,1H3,(H2,22,23,24). The highest BCUT2D eigenvalue weighted by molar-refractivity contribution is 5.79. The Bertz CT molecular complexity index is 588. The zero-order chi connectivity index (χ0) is 18.7. The Morgan fingerprint density at radius 3 is 3.00 bits per heavy atom. The third kappa shape index (κ3) is 6.40. The highest BCUT2D eigenvalue weighted by atomic mass is 16.5. The van der Waals surface area contributed by atoms with Gasteiger partial charge in [-0.15, -0.1) is 0 Å². The summed E-state index contributed by atoms with van der Waals surface area (Å²) >= 11 is 0. The number of aliphatic imine (C=N–C) groups is 1. The third-order valence-corrected chi connectivity index (χ3v) is 4.98. The fraction of sp³-hybridized carbons (Fsp3) is 0.667. The van der Waals surface area contributed by atoms with E-state index in [0.29, 0.717) is 12.0 Å². The van der Waals surface area contributed by atoms with Crippen LogP contribution in [0.5, 0.6) is 5.75 Å². The van der Waals surface area contributed by atoms with E-state index in [1.165, 1.54) is 5.56 Å². The van der Waals surface area contributed by atoms with Crippen molar-refractivity contribution in [1.29, 1.82) is 0 Å². The number of para-hydroxylation sites is 1. The van der Waals surface area contributed by atoms with Crippen LogP contribution in [0.4, 0.5) is 0 Å². The Labute approximate surface area is 162 Å². The molecule has 1 aromatic rings. The van der Waals surface area contributed by atoms with Crippen LogP contribution in [-0.4, -0.2) is 58.1 Å². The van der Waals surface area contributed by atoms with E-state index in [1.807, 2.05) is 12.1 Å². The van der Waals surface area contributed by atoms with Crippen LogP contribution in [0.1, 0.15) is 44.1 Å². The van der Waals surface area contributed by atoms with Crippen molar-refractivity contribution in [2.24, 2.45) is 4.99 Å². The number of hydrogen-bond acceptors (Lipinski definition) is 4. The Balaban J connectivity index is 1.39. The summed E-state index contributed by atoms with van der Waals surface area (Å²) in [6.07, 6.45) is 4.56. The summed E-state index contributed by atoms with van der Waals surface area (Å²) in [6.45, 7) is 7.68. The molecule has 0 radical (unpaired) electrons. The number of hydrogen-bond donors (Lipinski definition) is 2. The van der Waals surface area contributed by atoms with Crippen molar-refractivity contribution in [2.45, 2.75) is 44.6 Å². The molecule has 150 valence electrons. The zero-order valence-corrected chi connectivity index (χ0v) is 16.4. The van der Waals surface area contributed by atoms with E-state index >= 15 is 0 Å². The molecule has 2 aliphatic heterocycles. The minimum absolute atomic E-state index is 0.305. The first-order valence-electron chi connectivity index (χ1n) is 10.3. The summed E-state index contributed by atoms with van der Waals surface area (Å²) in [4.78, 5) is 4.79. The van der Waals surface area contributed by atoms with Gasteiger partial charge in [0.25, 0.3) is 0 Å². The van der Waals surface area contributed by atoms with Gasteiger partial charge in [0.1, 0.15) is 5.75 Å². The third-order valence-electron chi connectivity index (χ3n) is 4.98. The van der Waals surface area contributed by atoms with Gasteiger partial charge in [-0.3, -0.25) is 4.99 Å². The van der Waals surface area contributed by atoms with E-state index in [1.54, 1.807) is 0 Å². The van der Waals surface area contributed by atoms with E-state index in [9.17, 15) is 0 Å². The SMILES string of the molecule is CCNC(=NCC1CCOc2ccccc21)NCCCOCC1CCCO1. The van der Waals surface area contributed by atoms with Crippen molar-refractivity contribution in [3.05, 3.63) is 29.8 Å². The van der Waals surface area contributed by atoms with Gasteiger partial charge >= 0.3 is 0 Å². The molecule has 3 rings (SSSR count). The molecular formula is C21H33N3O3. The van der Waals surface area contributed by atoms with E-state index in [4.69, 9.17) is 19.2 Å². The smallest absolute Gasteiger partial charge is 0.191 e. The molecule has 2 heterocycles. The highest BCUT2D eigenvalue weighted by Crippen LogP contribution is 2.33. The first-order chi connectivity index (χ1) is 13.4. The lowest BCUT2D eigenvalue weighted by molar-refractivity contribution is 0.0168. The van der Waals surface area contributed by atoms with Crippen LogP contribution in [0.3, 0.4) is 0 Å². The summed E-state index contributed by atoms with van der Waals surface area (Å²) in [7, 11) is 0. The molecule has 27 heavy (non-hydrogen) atoms. The molecule has 0 aromatic heterocycles. The van der Waals surface area contributed by atoms with Crippen molar-refractivity contribution in [2.75, 3.05) is 46.1 Å². The molecule has 2 N–H and O–H groups in total. The van der Waals surface area contributed by atoms with Gasteiger partial charge < -0.3 is 24.8 Å². The van der Waals surface area contributed by atoms with Crippen molar-refractivity contribution in [3.8, 4) is 5.75 Å². The topological polar surface area (TPSA) is 64.1 Å². The van der Waals surface area contributed by atoms with Crippen LogP contribution in [0.15, 0.2) is 29.3 Å². The van der Waals surface area contributed by atoms with E-state index in [0.717, 1.165) is 83.5 Å². The van der Waals surface area contributed by atoms with Crippen LogP contribution in [-0.2, 0) is 9.47 Å². The molecule has 1 aromatic carbocycles. The largest absolute Gasteiger partial charge is 0.493 e. The Morgan fingerprint density at radius 2 is 2.15 bits per heavy atom. The fourth-order valence-corrected chi connectivity index (χ4v) is 3.52. The number of fused-ring (bicyclic) bond motifs is 1.